The molecule has 0 heterocycles. The summed E-state index contributed by atoms with van der Waals surface area (Å²) >= 11 is 11.9. The molecule has 0 saturated carbocycles. The molecule has 1 unspecified atom stereocenters. The molecule has 2 N–H and O–H groups in total. The van der Waals surface area contributed by atoms with Gasteiger partial charge in [-0.1, -0.05) is 23.2 Å². The first-order valence-corrected chi connectivity index (χ1v) is 7.14. The van der Waals surface area contributed by atoms with Crippen LogP contribution >= 0.6 is 23.2 Å². The number of carbonyl (C=O) groups is 1. The van der Waals surface area contributed by atoms with E-state index in [-0.39, 0.29) is 5.97 Å². The summed E-state index contributed by atoms with van der Waals surface area (Å²) in [6.45, 7) is 8.97. The van der Waals surface area contributed by atoms with Gasteiger partial charge in [-0.05, 0) is 58.4 Å². The van der Waals surface area contributed by atoms with Crippen LogP contribution in [0, 0.1) is 5.41 Å². The van der Waals surface area contributed by atoms with Crippen LogP contribution in [0.15, 0.2) is 18.2 Å². The molecule has 0 saturated heterocycles. The van der Waals surface area contributed by atoms with Gasteiger partial charge in [-0.15, -0.1) is 0 Å². The highest BCUT2D eigenvalue weighted by atomic mass is 35.5. The minimum Gasteiger partial charge on any atom is -0.460 e. The third kappa shape index (κ3) is 4.37. The molecule has 1 aromatic rings. The van der Waals surface area contributed by atoms with E-state index in [1.54, 1.807) is 32.0 Å². The number of esters is 1. The third-order valence-corrected chi connectivity index (χ3v) is 3.38. The normalized spacial score (nSPS) is 14.0. The summed E-state index contributed by atoms with van der Waals surface area (Å²) in [4.78, 5) is 12.3. The highest BCUT2D eigenvalue weighted by Gasteiger charge is 2.39. The van der Waals surface area contributed by atoms with Crippen LogP contribution in [0.3, 0.4) is 0 Å². The summed E-state index contributed by atoms with van der Waals surface area (Å²) in [5, 5.41) is 0.978. The van der Waals surface area contributed by atoms with Crippen molar-refractivity contribution < 1.29 is 9.53 Å². The molecule has 0 amide bonds. The monoisotopic (exact) mass is 317 g/mol. The third-order valence-electron chi connectivity index (χ3n) is 2.95. The van der Waals surface area contributed by atoms with Crippen molar-refractivity contribution in [1.29, 1.82) is 0 Å². The molecule has 1 rings (SSSR count). The molecule has 0 spiro atoms. The van der Waals surface area contributed by atoms with E-state index >= 15 is 0 Å². The van der Waals surface area contributed by atoms with Crippen LogP contribution in [0.5, 0.6) is 0 Å². The molecule has 0 fully saturated rings. The Hall–Kier alpha value is -0.770. The Morgan fingerprint density at radius 1 is 1.10 bits per heavy atom. The number of rotatable bonds is 3. The van der Waals surface area contributed by atoms with Gasteiger partial charge in [-0.2, -0.15) is 0 Å². The Balaban J connectivity index is 3.04. The van der Waals surface area contributed by atoms with Crippen LogP contribution in [-0.2, 0) is 9.53 Å². The Bertz CT molecular complexity index is 487. The second-order valence-electron chi connectivity index (χ2n) is 6.40. The molecule has 0 aromatic heterocycles. The zero-order chi connectivity index (χ0) is 15.7. The summed E-state index contributed by atoms with van der Waals surface area (Å²) in [5.41, 5.74) is 5.48. The van der Waals surface area contributed by atoms with Gasteiger partial charge in [0.15, 0.2) is 0 Å². The van der Waals surface area contributed by atoms with Gasteiger partial charge in [0.2, 0.25) is 0 Å². The molecular formula is C15H21Cl2NO2. The van der Waals surface area contributed by atoms with E-state index in [1.807, 2.05) is 20.8 Å². The maximum absolute atomic E-state index is 12.3. The first-order valence-electron chi connectivity index (χ1n) is 6.38. The fourth-order valence-electron chi connectivity index (χ4n) is 1.71. The molecule has 112 valence electrons. The van der Waals surface area contributed by atoms with E-state index in [0.717, 1.165) is 0 Å². The highest BCUT2D eigenvalue weighted by molar-refractivity contribution is 6.34. The average Bonchev–Trinajstić information content (AvgIpc) is 2.24. The molecule has 3 nitrogen and oxygen atoms in total. The number of hydrogen-bond donors (Lipinski definition) is 1. The van der Waals surface area contributed by atoms with E-state index < -0.39 is 17.1 Å². The van der Waals surface area contributed by atoms with Crippen LogP contribution < -0.4 is 5.73 Å². The van der Waals surface area contributed by atoms with Gasteiger partial charge in [0, 0.05) is 16.1 Å². The summed E-state index contributed by atoms with van der Waals surface area (Å²) in [7, 11) is 0. The van der Waals surface area contributed by atoms with Crippen molar-refractivity contribution in [3.63, 3.8) is 0 Å². The predicted octanol–water partition coefficient (Wildman–Crippen LogP) is 4.36. The minimum atomic E-state index is -0.888. The van der Waals surface area contributed by atoms with Crippen molar-refractivity contribution in [2.45, 2.75) is 46.3 Å². The summed E-state index contributed by atoms with van der Waals surface area (Å²) in [6.07, 6.45) is 0. The second kappa shape index (κ2) is 5.92. The average molecular weight is 318 g/mol. The van der Waals surface area contributed by atoms with Crippen molar-refractivity contribution in [3.05, 3.63) is 33.8 Å². The van der Waals surface area contributed by atoms with Crippen molar-refractivity contribution in [1.82, 2.24) is 0 Å². The van der Waals surface area contributed by atoms with E-state index in [4.69, 9.17) is 33.7 Å². The van der Waals surface area contributed by atoms with Crippen LogP contribution in [0.4, 0.5) is 0 Å². The van der Waals surface area contributed by atoms with Crippen molar-refractivity contribution in [2.75, 3.05) is 0 Å². The van der Waals surface area contributed by atoms with E-state index in [2.05, 4.69) is 0 Å². The zero-order valence-electron chi connectivity index (χ0n) is 12.5. The summed E-state index contributed by atoms with van der Waals surface area (Å²) in [5.74, 6) is -0.353. The van der Waals surface area contributed by atoms with Crippen molar-refractivity contribution >= 4 is 29.2 Å². The number of hydrogen-bond acceptors (Lipinski definition) is 3. The van der Waals surface area contributed by atoms with Gasteiger partial charge in [-0.3, -0.25) is 4.79 Å². The Labute approximate surface area is 130 Å². The molecule has 0 aliphatic heterocycles. The highest BCUT2D eigenvalue weighted by Crippen LogP contribution is 2.36. The topological polar surface area (TPSA) is 52.3 Å². The first kappa shape index (κ1) is 17.3. The molecule has 1 aromatic carbocycles. The molecular weight excluding hydrogens is 297 g/mol. The lowest BCUT2D eigenvalue weighted by molar-refractivity contribution is -0.167. The summed E-state index contributed by atoms with van der Waals surface area (Å²) in [6, 6.07) is 4.49. The number of nitrogens with two attached hydrogens (primary N) is 1. The largest absolute Gasteiger partial charge is 0.460 e. The Kier molecular flexibility index (Phi) is 5.12. The van der Waals surface area contributed by atoms with Gasteiger partial charge in [0.05, 0.1) is 5.41 Å². The van der Waals surface area contributed by atoms with E-state index in [1.165, 1.54) is 0 Å². The lowest BCUT2D eigenvalue weighted by Gasteiger charge is -2.33. The lowest BCUT2D eigenvalue weighted by Crippen LogP contribution is -2.41. The molecule has 0 aliphatic carbocycles. The smallest absolute Gasteiger partial charge is 0.313 e. The standard InChI is InChI=1S/C15H21Cl2NO2/c1-14(2,3)20-13(19)15(4,5)12(18)9-6-10(16)8-11(17)7-9/h6-8,12H,18H2,1-5H3. The van der Waals surface area contributed by atoms with Crippen LogP contribution in [0.1, 0.15) is 46.2 Å². The summed E-state index contributed by atoms with van der Waals surface area (Å²) < 4.78 is 5.42. The Morgan fingerprint density at radius 2 is 1.55 bits per heavy atom. The molecule has 0 bridgehead atoms. The number of benzene rings is 1. The first-order chi connectivity index (χ1) is 8.93. The van der Waals surface area contributed by atoms with Crippen LogP contribution in [-0.4, -0.2) is 11.6 Å². The fourth-order valence-corrected chi connectivity index (χ4v) is 2.25. The fraction of sp³-hybridized carbons (Fsp3) is 0.533. The van der Waals surface area contributed by atoms with Crippen molar-refractivity contribution in [3.8, 4) is 0 Å². The number of carbonyl (C=O) groups excluding carboxylic acids is 1. The molecule has 1 atom stereocenters. The van der Waals surface area contributed by atoms with Crippen molar-refractivity contribution in [2.24, 2.45) is 11.1 Å². The molecule has 0 radical (unpaired) electrons. The van der Waals surface area contributed by atoms with Crippen LogP contribution in [0.2, 0.25) is 10.0 Å². The molecule has 20 heavy (non-hydrogen) atoms. The van der Waals surface area contributed by atoms with E-state index in [0.29, 0.717) is 15.6 Å². The van der Waals surface area contributed by atoms with Gasteiger partial charge in [0.25, 0.3) is 0 Å². The zero-order valence-corrected chi connectivity index (χ0v) is 14.0. The van der Waals surface area contributed by atoms with Gasteiger partial charge >= 0.3 is 5.97 Å². The molecule has 0 aliphatic rings. The predicted molar refractivity (Wildman–Crippen MR) is 83.0 cm³/mol. The Morgan fingerprint density at radius 3 is 1.95 bits per heavy atom. The van der Waals surface area contributed by atoms with Gasteiger partial charge < -0.3 is 10.5 Å². The second-order valence-corrected chi connectivity index (χ2v) is 7.28. The lowest BCUT2D eigenvalue weighted by atomic mass is 9.81. The van der Waals surface area contributed by atoms with E-state index in [9.17, 15) is 4.79 Å². The van der Waals surface area contributed by atoms with Crippen LogP contribution in [0.25, 0.3) is 0 Å². The SMILES string of the molecule is CC(C)(C)OC(=O)C(C)(C)C(N)c1cc(Cl)cc(Cl)c1. The molecule has 5 heteroatoms. The maximum Gasteiger partial charge on any atom is 0.313 e. The number of ether oxygens (including phenoxy) is 1. The van der Waals surface area contributed by atoms with Gasteiger partial charge in [0.1, 0.15) is 5.60 Å². The maximum atomic E-state index is 12.3. The minimum absolute atomic E-state index is 0.353. The number of halogens is 2. The van der Waals surface area contributed by atoms with Gasteiger partial charge in [-0.25, -0.2) is 0 Å². The quantitative estimate of drug-likeness (QED) is 0.842.